The quantitative estimate of drug-likeness (QED) is 0.710. The first-order valence-corrected chi connectivity index (χ1v) is 10.9. The van der Waals surface area contributed by atoms with Crippen LogP contribution >= 0.6 is 8.96 Å². The topological polar surface area (TPSA) is 0 Å². The Morgan fingerprint density at radius 2 is 2.00 bits per heavy atom. The van der Waals surface area contributed by atoms with Gasteiger partial charge in [-0.3, -0.25) is 0 Å². The molecular weight excluding hydrogens is 307 g/mol. The number of hydrogen-bond acceptors (Lipinski definition) is 0. The van der Waals surface area contributed by atoms with Crippen molar-refractivity contribution >= 4 is 33.5 Å². The van der Waals surface area contributed by atoms with Gasteiger partial charge in [-0.05, 0) is 0 Å². The van der Waals surface area contributed by atoms with Crippen molar-refractivity contribution in [2.24, 2.45) is 0 Å². The average Bonchev–Trinajstić information content (AvgIpc) is 2.25. The van der Waals surface area contributed by atoms with Crippen molar-refractivity contribution < 1.29 is 0 Å². The van der Waals surface area contributed by atoms with Gasteiger partial charge in [0.1, 0.15) is 0 Å². The van der Waals surface area contributed by atoms with Crippen LogP contribution in [0.4, 0.5) is 0 Å². The van der Waals surface area contributed by atoms with Gasteiger partial charge >= 0.3 is 97.7 Å². The van der Waals surface area contributed by atoms with Crippen LogP contribution in [0.1, 0.15) is 25.3 Å². The van der Waals surface area contributed by atoms with Crippen molar-refractivity contribution in [3.63, 3.8) is 0 Å². The molecule has 76 valence electrons. The fourth-order valence-electron chi connectivity index (χ4n) is 1.07. The molecule has 0 fully saturated rings. The van der Waals surface area contributed by atoms with E-state index in [1.807, 2.05) is 6.07 Å². The molecule has 14 heavy (non-hydrogen) atoms. The van der Waals surface area contributed by atoms with Crippen LogP contribution in [0.5, 0.6) is 0 Å². The molecule has 0 spiro atoms. The number of unbranched alkanes of at least 4 members (excludes halogenated alkanes) is 1. The molecule has 0 aliphatic carbocycles. The van der Waals surface area contributed by atoms with Crippen LogP contribution in [0.2, 0.25) is 4.47 Å². The Morgan fingerprint density at radius 3 is 2.64 bits per heavy atom. The maximum absolute atomic E-state index is 6.29. The second-order valence-corrected chi connectivity index (χ2v) is 9.82. The van der Waals surface area contributed by atoms with E-state index >= 15 is 0 Å². The van der Waals surface area contributed by atoms with Gasteiger partial charge in [-0.15, -0.1) is 0 Å². The SMILES string of the molecule is CCCC[Te+](Cl)/C=C\c1ccccc1. The van der Waals surface area contributed by atoms with Crippen LogP contribution in [0.3, 0.4) is 0 Å². The first kappa shape index (κ1) is 12.1. The Morgan fingerprint density at radius 1 is 1.29 bits per heavy atom. The van der Waals surface area contributed by atoms with Gasteiger partial charge in [0.15, 0.2) is 0 Å². The molecule has 1 aromatic rings. The van der Waals surface area contributed by atoms with Crippen molar-refractivity contribution in [2.45, 2.75) is 24.2 Å². The molecule has 2 heteroatoms. The van der Waals surface area contributed by atoms with Crippen molar-refractivity contribution in [2.75, 3.05) is 0 Å². The van der Waals surface area contributed by atoms with E-state index in [9.17, 15) is 0 Å². The van der Waals surface area contributed by atoms with E-state index in [0.717, 1.165) is 0 Å². The van der Waals surface area contributed by atoms with Crippen molar-refractivity contribution in [1.29, 1.82) is 0 Å². The summed E-state index contributed by atoms with van der Waals surface area (Å²) in [5, 5.41) is 0. The van der Waals surface area contributed by atoms with E-state index in [2.05, 4.69) is 41.4 Å². The summed E-state index contributed by atoms with van der Waals surface area (Å²) >= 11 is -1.38. The molecule has 0 amide bonds. The zero-order chi connectivity index (χ0) is 10.2. The molecule has 1 aromatic carbocycles. The number of benzene rings is 1. The van der Waals surface area contributed by atoms with E-state index in [1.165, 1.54) is 22.9 Å². The van der Waals surface area contributed by atoms with E-state index in [4.69, 9.17) is 8.96 Å². The van der Waals surface area contributed by atoms with Crippen LogP contribution in [0.25, 0.3) is 6.08 Å². The molecule has 0 aliphatic rings. The van der Waals surface area contributed by atoms with Crippen LogP contribution in [-0.2, 0) is 0 Å². The fraction of sp³-hybridized carbons (Fsp3) is 0.333. The van der Waals surface area contributed by atoms with Gasteiger partial charge in [0.2, 0.25) is 0 Å². The number of halogens is 1. The molecule has 0 aromatic heterocycles. The monoisotopic (exact) mass is 325 g/mol. The summed E-state index contributed by atoms with van der Waals surface area (Å²) < 4.78 is 3.49. The summed E-state index contributed by atoms with van der Waals surface area (Å²) in [7, 11) is 6.29. The van der Waals surface area contributed by atoms with Crippen molar-refractivity contribution in [3.8, 4) is 0 Å². The van der Waals surface area contributed by atoms with Gasteiger partial charge in [0.25, 0.3) is 0 Å². The van der Waals surface area contributed by atoms with E-state index in [1.54, 1.807) is 0 Å². The molecule has 0 heterocycles. The minimum atomic E-state index is -1.38. The predicted molar refractivity (Wildman–Crippen MR) is 66.8 cm³/mol. The Labute approximate surface area is 97.4 Å². The summed E-state index contributed by atoms with van der Waals surface area (Å²) in [4.78, 5) is 0. The van der Waals surface area contributed by atoms with Gasteiger partial charge in [-0.25, -0.2) is 0 Å². The van der Waals surface area contributed by atoms with E-state index < -0.39 is 18.4 Å². The number of rotatable bonds is 5. The molecule has 0 saturated heterocycles. The van der Waals surface area contributed by atoms with Gasteiger partial charge in [-0.2, -0.15) is 0 Å². The second-order valence-electron chi connectivity index (χ2n) is 3.14. The predicted octanol–water partition coefficient (Wildman–Crippen LogP) is 4.27. The zero-order valence-corrected chi connectivity index (χ0v) is 11.5. The molecule has 0 nitrogen and oxygen atoms in total. The van der Waals surface area contributed by atoms with Gasteiger partial charge in [0, 0.05) is 0 Å². The molecular formula is C12H16ClTe+. The molecule has 1 rings (SSSR count). The molecule has 0 unspecified atom stereocenters. The molecule has 0 aliphatic heterocycles. The third-order valence-electron chi connectivity index (χ3n) is 1.90. The fourth-order valence-corrected chi connectivity index (χ4v) is 5.01. The first-order valence-electron chi connectivity index (χ1n) is 4.92. The summed E-state index contributed by atoms with van der Waals surface area (Å²) in [5.74, 6) is 0. The number of hydrogen-bond donors (Lipinski definition) is 0. The van der Waals surface area contributed by atoms with Crippen molar-refractivity contribution in [1.82, 2.24) is 0 Å². The Kier molecular flexibility index (Phi) is 6.36. The normalized spacial score (nSPS) is 11.4. The summed E-state index contributed by atoms with van der Waals surface area (Å²) in [6.07, 6.45) is 4.70. The summed E-state index contributed by atoms with van der Waals surface area (Å²) in [6.45, 7) is 2.21. The Hall–Kier alpha value is 0.0396. The third-order valence-corrected chi connectivity index (χ3v) is 6.79. The maximum atomic E-state index is 6.29. The van der Waals surface area contributed by atoms with Gasteiger partial charge < -0.3 is 0 Å². The molecule has 0 atom stereocenters. The van der Waals surface area contributed by atoms with E-state index in [0.29, 0.717) is 0 Å². The van der Waals surface area contributed by atoms with Crippen LogP contribution < -0.4 is 0 Å². The summed E-state index contributed by atoms with van der Waals surface area (Å²) in [6, 6.07) is 10.4. The summed E-state index contributed by atoms with van der Waals surface area (Å²) in [5.41, 5.74) is 1.26. The van der Waals surface area contributed by atoms with Crippen LogP contribution in [-0.4, -0.2) is 18.4 Å². The first-order chi connectivity index (χ1) is 6.83. The van der Waals surface area contributed by atoms with Crippen molar-refractivity contribution in [3.05, 3.63) is 40.0 Å². The molecule has 0 bridgehead atoms. The molecule has 0 N–H and O–H groups in total. The average molecular weight is 323 g/mol. The molecule has 0 radical (unpaired) electrons. The standard InChI is InChI=1S/C12H16ClTe/c1-2-3-10-14(13)11-9-12-7-5-4-6-8-12/h4-9,11H,2-3,10H2,1H3/q+1/b11-9-. The Bertz CT molecular complexity index is 269. The van der Waals surface area contributed by atoms with E-state index in [-0.39, 0.29) is 0 Å². The molecule has 0 saturated carbocycles. The van der Waals surface area contributed by atoms with Gasteiger partial charge in [-0.1, -0.05) is 0 Å². The second kappa shape index (κ2) is 7.35. The zero-order valence-electron chi connectivity index (χ0n) is 8.45. The van der Waals surface area contributed by atoms with Crippen LogP contribution in [0, 0.1) is 0 Å². The third kappa shape index (κ3) is 5.05. The minimum absolute atomic E-state index is 1.24. The Balaban J connectivity index is 2.39. The van der Waals surface area contributed by atoms with Crippen LogP contribution in [0.15, 0.2) is 34.5 Å². The van der Waals surface area contributed by atoms with Gasteiger partial charge in [0.05, 0.1) is 0 Å².